The number of anilines is 1. The molecule has 0 bridgehead atoms. The smallest absolute Gasteiger partial charge is 0.263 e. The first-order valence-corrected chi connectivity index (χ1v) is 16.8. The van der Waals surface area contributed by atoms with E-state index in [-0.39, 0.29) is 23.2 Å². The zero-order valence-corrected chi connectivity index (χ0v) is 26.9. The van der Waals surface area contributed by atoms with Crippen LogP contribution in [0.25, 0.3) is 11.1 Å². The van der Waals surface area contributed by atoms with E-state index in [1.807, 2.05) is 45.7 Å². The summed E-state index contributed by atoms with van der Waals surface area (Å²) in [5.41, 5.74) is 2.07. The summed E-state index contributed by atoms with van der Waals surface area (Å²) >= 11 is 0. The summed E-state index contributed by atoms with van der Waals surface area (Å²) in [6, 6.07) is 12.3. The van der Waals surface area contributed by atoms with Gasteiger partial charge in [-0.25, -0.2) is 8.42 Å². The molecule has 1 saturated carbocycles. The number of hydrogen-bond acceptors (Lipinski definition) is 7. The molecule has 5 rings (SSSR count). The minimum atomic E-state index is -4.25. The lowest BCUT2D eigenvalue weighted by Gasteiger charge is -2.39. The molecule has 1 amide bonds. The van der Waals surface area contributed by atoms with E-state index in [9.17, 15) is 17.6 Å². The second-order valence-electron chi connectivity index (χ2n) is 12.1. The van der Waals surface area contributed by atoms with Crippen molar-refractivity contribution in [3.05, 3.63) is 65.2 Å². The van der Waals surface area contributed by atoms with Crippen molar-refractivity contribution in [1.29, 1.82) is 0 Å². The van der Waals surface area contributed by atoms with E-state index in [2.05, 4.69) is 16.8 Å². The number of nitrogens with one attached hydrogen (secondary N) is 1. The van der Waals surface area contributed by atoms with Crippen molar-refractivity contribution in [2.75, 3.05) is 11.3 Å². The van der Waals surface area contributed by atoms with Gasteiger partial charge in [0.2, 0.25) is 11.6 Å². The monoisotopic (exact) mass is 620 g/mol. The number of amides is 1. The van der Waals surface area contributed by atoms with Gasteiger partial charge in [0.25, 0.3) is 15.9 Å². The van der Waals surface area contributed by atoms with Gasteiger partial charge in [0.05, 0.1) is 11.5 Å². The molecule has 3 aromatic rings. The first kappa shape index (κ1) is 32.0. The van der Waals surface area contributed by atoms with Crippen molar-refractivity contribution in [3.63, 3.8) is 0 Å². The molecule has 232 valence electrons. The van der Waals surface area contributed by atoms with Crippen molar-refractivity contribution >= 4 is 43.3 Å². The van der Waals surface area contributed by atoms with Gasteiger partial charge in [-0.05, 0) is 55.9 Å². The highest BCUT2D eigenvalue weighted by Crippen LogP contribution is 2.43. The van der Waals surface area contributed by atoms with E-state index in [1.165, 1.54) is 13.0 Å². The minimum absolute atomic E-state index is 0.0447. The summed E-state index contributed by atoms with van der Waals surface area (Å²) in [6.07, 6.45) is 6.23. The third kappa shape index (κ3) is 5.83. The fourth-order valence-electron chi connectivity index (χ4n) is 6.26. The Morgan fingerprint density at radius 2 is 1.86 bits per heavy atom. The minimum Gasteiger partial charge on any atom is -0.377 e. The van der Waals surface area contributed by atoms with Crippen molar-refractivity contribution in [1.82, 2.24) is 10.1 Å². The fourth-order valence-corrected chi connectivity index (χ4v) is 7.48. The molecule has 0 atom stereocenters. The zero-order valence-electron chi connectivity index (χ0n) is 26.1. The number of ether oxygens (including phenoxy) is 1. The molecule has 0 unspecified atom stereocenters. The predicted octanol–water partition coefficient (Wildman–Crippen LogP) is 4.25. The molecule has 1 aromatic heterocycles. The van der Waals surface area contributed by atoms with E-state index < -0.39 is 32.5 Å². The van der Waals surface area contributed by atoms with Crippen molar-refractivity contribution < 1.29 is 26.9 Å². The van der Waals surface area contributed by atoms with Gasteiger partial charge in [0, 0.05) is 23.9 Å². The van der Waals surface area contributed by atoms with Gasteiger partial charge in [0.1, 0.15) is 27.1 Å². The maximum Gasteiger partial charge on any atom is 0.263 e. The van der Waals surface area contributed by atoms with E-state index in [0.29, 0.717) is 17.7 Å². The quantitative estimate of drug-likeness (QED) is 0.303. The Morgan fingerprint density at radius 1 is 1.14 bits per heavy atom. The van der Waals surface area contributed by atoms with Gasteiger partial charge in [-0.15, -0.1) is 0 Å². The van der Waals surface area contributed by atoms with Crippen LogP contribution in [0.15, 0.2) is 56.9 Å². The number of unbranched alkanes of at least 4 members (excludes halogenated alkanes) is 1. The number of carbonyl (C=O) groups excluding carboxylic acids is 1. The average molecular weight is 620 g/mol. The lowest BCUT2D eigenvalue weighted by atomic mass is 9.56. The van der Waals surface area contributed by atoms with Gasteiger partial charge in [-0.3, -0.25) is 14.5 Å². The van der Waals surface area contributed by atoms with Crippen LogP contribution in [0.2, 0.25) is 0 Å². The molecule has 1 aliphatic carbocycles. The number of aromatic nitrogens is 1. The number of rotatable bonds is 12. The van der Waals surface area contributed by atoms with Gasteiger partial charge in [-0.2, -0.15) is 4.39 Å². The highest BCUT2D eigenvalue weighted by molar-refractivity contribution is 7.92. The van der Waals surface area contributed by atoms with Crippen LogP contribution in [0.4, 0.5) is 10.2 Å². The number of aliphatic imine (C=N–C) groups is 1. The molecule has 2 aliphatic rings. The average Bonchev–Trinajstić information content (AvgIpc) is 3.69. The normalized spacial score (nSPS) is 16.6. The lowest BCUT2D eigenvalue weighted by Crippen LogP contribution is -2.54. The molecule has 9 nitrogen and oxygen atoms in total. The fraction of sp³-hybridized carbons (Fsp3) is 0.452. The van der Waals surface area contributed by atoms with Gasteiger partial charge in [0.15, 0.2) is 5.76 Å². The second kappa shape index (κ2) is 12.5. The van der Waals surface area contributed by atoms with Crippen molar-refractivity contribution in [2.45, 2.75) is 88.1 Å². The molecule has 1 aliphatic heterocycles. The van der Waals surface area contributed by atoms with Crippen LogP contribution < -0.4 is 4.72 Å². The summed E-state index contributed by atoms with van der Waals surface area (Å²) in [5, 5.41) is 2.80. The number of sulfonamides is 1. The Morgan fingerprint density at radius 3 is 2.52 bits per heavy atom. The van der Waals surface area contributed by atoms with Crippen LogP contribution in [0.3, 0.4) is 0 Å². The zero-order chi connectivity index (χ0) is 31.7. The van der Waals surface area contributed by atoms with Crippen LogP contribution in [-0.4, -0.2) is 58.1 Å². The largest absolute Gasteiger partial charge is 0.377 e. The molecule has 1 fully saturated rings. The first-order chi connectivity index (χ1) is 20.9. The summed E-state index contributed by atoms with van der Waals surface area (Å²) in [5.74, 6) is -0.574. The van der Waals surface area contributed by atoms with E-state index >= 15 is 0 Å². The van der Waals surface area contributed by atoms with Crippen LogP contribution in [0, 0.1) is 12.7 Å². The second-order valence-corrected chi connectivity index (χ2v) is 13.7. The standard InChI is InChI=1S/C31H39B2FN4O5S/c1-4-6-13-26-35-30(16-9-10-17-30)29(39)38(26)31(32,33)22-14-15-23(21(18-22)19-42-5-2)24-11-7-8-12-25(24)44(40,41)37-28-27(34)20(3)43-36-28/h7-8,11-12,14-15,18H,4-6,9-10,13,16-17,19,32-33H2,1-3H3,(H,36,37). The summed E-state index contributed by atoms with van der Waals surface area (Å²) in [6.45, 7) is 6.07. The van der Waals surface area contributed by atoms with Gasteiger partial charge in [-0.1, -0.05) is 67.7 Å². The SMILES string of the molecule is BC(B)(c1ccc(-c2ccccc2S(=O)(=O)Nc2noc(C)c2F)c(COCC)c1)N1C(=O)C2(CCCC2)N=C1CCCC. The van der Waals surface area contributed by atoms with E-state index in [1.54, 1.807) is 18.2 Å². The lowest BCUT2D eigenvalue weighted by molar-refractivity contribution is -0.132. The van der Waals surface area contributed by atoms with Crippen LogP contribution in [0.1, 0.15) is 75.7 Å². The Balaban J connectivity index is 1.56. The molecule has 1 spiro atoms. The van der Waals surface area contributed by atoms with Crippen LogP contribution >= 0.6 is 0 Å². The predicted molar refractivity (Wildman–Crippen MR) is 173 cm³/mol. The number of hydrogen-bond donors (Lipinski definition) is 1. The Kier molecular flexibility index (Phi) is 9.09. The third-order valence-electron chi connectivity index (χ3n) is 8.71. The first-order valence-electron chi connectivity index (χ1n) is 15.3. The van der Waals surface area contributed by atoms with Crippen molar-refractivity contribution in [2.24, 2.45) is 4.99 Å². The third-order valence-corrected chi connectivity index (χ3v) is 10.1. The van der Waals surface area contributed by atoms with Gasteiger partial charge < -0.3 is 14.2 Å². The molecule has 0 saturated heterocycles. The molecular formula is C31H39B2FN4O5S. The van der Waals surface area contributed by atoms with Gasteiger partial charge >= 0.3 is 0 Å². The molecule has 13 heteroatoms. The summed E-state index contributed by atoms with van der Waals surface area (Å²) < 4.78 is 54.3. The Hall–Kier alpha value is -3.44. The highest BCUT2D eigenvalue weighted by atomic mass is 32.2. The highest BCUT2D eigenvalue weighted by Gasteiger charge is 2.53. The number of nitrogens with zero attached hydrogens (tertiary/aromatic N) is 3. The number of halogens is 1. The molecular weight excluding hydrogens is 581 g/mol. The molecule has 44 heavy (non-hydrogen) atoms. The van der Waals surface area contributed by atoms with Crippen LogP contribution in [0.5, 0.6) is 0 Å². The molecule has 2 heterocycles. The summed E-state index contributed by atoms with van der Waals surface area (Å²) in [7, 11) is -0.172. The Bertz CT molecular complexity index is 1690. The summed E-state index contributed by atoms with van der Waals surface area (Å²) in [4.78, 5) is 21.0. The number of amidine groups is 1. The Labute approximate surface area is 260 Å². The maximum absolute atomic E-state index is 14.4. The van der Waals surface area contributed by atoms with E-state index in [4.69, 9.17) is 14.3 Å². The molecule has 2 aromatic carbocycles. The van der Waals surface area contributed by atoms with Crippen LogP contribution in [-0.2, 0) is 31.5 Å². The van der Waals surface area contributed by atoms with E-state index in [0.717, 1.165) is 61.9 Å². The topological polar surface area (TPSA) is 114 Å². The maximum atomic E-state index is 14.4. The van der Waals surface area contributed by atoms with Crippen molar-refractivity contribution in [3.8, 4) is 11.1 Å². The number of aryl methyl sites for hydroxylation is 1. The molecule has 0 radical (unpaired) electrons. The molecule has 1 N–H and O–H groups in total. The number of benzene rings is 2. The number of carbonyl (C=O) groups is 1.